The van der Waals surface area contributed by atoms with Crippen LogP contribution in [0.25, 0.3) is 0 Å². The highest BCUT2D eigenvalue weighted by molar-refractivity contribution is 8.00. The predicted octanol–water partition coefficient (Wildman–Crippen LogP) is 5.83. The molecular formula is C17H17ClF7NO3S. The van der Waals surface area contributed by atoms with Gasteiger partial charge in [0, 0.05) is 12.7 Å². The SMILES string of the molecule is CC(=O)N(CC(F)(F)F)C(=O)c1cc(OCCCCCSC(F)(F)F)c(F)cc1Cl. The Bertz CT molecular complexity index is 756. The number of carbonyl (C=O) groups is 2. The number of nitrogens with zero attached hydrogens (tertiary/aromatic N) is 1. The Labute approximate surface area is 176 Å². The first-order chi connectivity index (χ1) is 13.7. The van der Waals surface area contributed by atoms with E-state index >= 15 is 0 Å². The number of unbranched alkanes of at least 4 members (excludes halogenated alkanes) is 2. The van der Waals surface area contributed by atoms with E-state index in [0.29, 0.717) is 12.5 Å². The highest BCUT2D eigenvalue weighted by atomic mass is 35.5. The van der Waals surface area contributed by atoms with E-state index < -0.39 is 52.2 Å². The summed E-state index contributed by atoms with van der Waals surface area (Å²) in [6.45, 7) is -1.20. The van der Waals surface area contributed by atoms with Crippen LogP contribution >= 0.6 is 23.4 Å². The minimum Gasteiger partial charge on any atom is -0.490 e. The zero-order valence-corrected chi connectivity index (χ0v) is 17.1. The third-order valence-corrected chi connectivity index (χ3v) is 4.66. The second-order valence-corrected chi connectivity index (χ2v) is 7.56. The molecule has 0 unspecified atom stereocenters. The topological polar surface area (TPSA) is 46.6 Å². The normalized spacial score (nSPS) is 12.0. The molecular weight excluding hydrogens is 467 g/mol. The summed E-state index contributed by atoms with van der Waals surface area (Å²) in [4.78, 5) is 23.7. The number of thioether (sulfide) groups is 1. The Kier molecular flexibility index (Phi) is 9.73. The number of carbonyl (C=O) groups excluding carboxylic acids is 2. The van der Waals surface area contributed by atoms with Gasteiger partial charge in [-0.25, -0.2) is 4.39 Å². The van der Waals surface area contributed by atoms with Crippen molar-refractivity contribution in [2.45, 2.75) is 37.9 Å². The monoisotopic (exact) mass is 483 g/mol. The Morgan fingerprint density at radius 3 is 2.27 bits per heavy atom. The molecule has 1 rings (SSSR count). The Balaban J connectivity index is 2.77. The van der Waals surface area contributed by atoms with Gasteiger partial charge in [-0.05, 0) is 31.4 Å². The molecule has 0 N–H and O–H groups in total. The zero-order valence-electron chi connectivity index (χ0n) is 15.5. The van der Waals surface area contributed by atoms with Crippen LogP contribution in [0.4, 0.5) is 30.7 Å². The van der Waals surface area contributed by atoms with Crippen LogP contribution < -0.4 is 4.74 Å². The predicted molar refractivity (Wildman–Crippen MR) is 97.0 cm³/mol. The highest BCUT2D eigenvalue weighted by Gasteiger charge is 2.36. The van der Waals surface area contributed by atoms with Crippen LogP contribution in [-0.2, 0) is 4.79 Å². The maximum absolute atomic E-state index is 14.0. The molecule has 0 fully saturated rings. The molecule has 2 amide bonds. The molecule has 0 saturated carbocycles. The van der Waals surface area contributed by atoms with Crippen LogP contribution in [0.15, 0.2) is 12.1 Å². The summed E-state index contributed by atoms with van der Waals surface area (Å²) in [6.07, 6.45) is -3.98. The molecule has 0 aliphatic heterocycles. The molecule has 170 valence electrons. The zero-order chi connectivity index (χ0) is 23.1. The molecule has 0 radical (unpaired) electrons. The van der Waals surface area contributed by atoms with Gasteiger partial charge in [0.2, 0.25) is 5.91 Å². The molecule has 1 aromatic rings. The van der Waals surface area contributed by atoms with Gasteiger partial charge in [-0.1, -0.05) is 23.4 Å². The van der Waals surface area contributed by atoms with Crippen molar-refractivity contribution in [2.75, 3.05) is 18.9 Å². The number of amides is 2. The van der Waals surface area contributed by atoms with Gasteiger partial charge in [0.25, 0.3) is 5.91 Å². The summed E-state index contributed by atoms with van der Waals surface area (Å²) in [5.74, 6) is -4.18. The maximum Gasteiger partial charge on any atom is 0.441 e. The van der Waals surface area contributed by atoms with Gasteiger partial charge in [-0.2, -0.15) is 26.3 Å². The molecule has 0 atom stereocenters. The van der Waals surface area contributed by atoms with Crippen molar-refractivity contribution in [2.24, 2.45) is 0 Å². The molecule has 1 aromatic carbocycles. The third kappa shape index (κ3) is 9.41. The summed E-state index contributed by atoms with van der Waals surface area (Å²) >= 11 is 5.58. The van der Waals surface area contributed by atoms with Gasteiger partial charge in [0.1, 0.15) is 6.54 Å². The number of hydrogen-bond donors (Lipinski definition) is 0. The van der Waals surface area contributed by atoms with E-state index in [2.05, 4.69) is 0 Å². The van der Waals surface area contributed by atoms with Gasteiger partial charge < -0.3 is 4.74 Å². The number of hydrogen-bond acceptors (Lipinski definition) is 4. The van der Waals surface area contributed by atoms with Crippen molar-refractivity contribution in [1.29, 1.82) is 0 Å². The standard InChI is InChI=1S/C17H17ClF7NO3S/c1-10(27)26(9-16(20,21)22)15(28)11-7-14(13(19)8-12(11)18)29-5-3-2-4-6-30-17(23,24)25/h7-8H,2-6,9H2,1H3. The summed E-state index contributed by atoms with van der Waals surface area (Å²) in [5.41, 5.74) is -4.87. The van der Waals surface area contributed by atoms with Crippen molar-refractivity contribution in [3.05, 3.63) is 28.5 Å². The number of halogens is 8. The van der Waals surface area contributed by atoms with Crippen LogP contribution in [0.3, 0.4) is 0 Å². The van der Waals surface area contributed by atoms with Gasteiger partial charge >= 0.3 is 11.7 Å². The van der Waals surface area contributed by atoms with Crippen LogP contribution in [0.5, 0.6) is 5.75 Å². The molecule has 4 nitrogen and oxygen atoms in total. The van der Waals surface area contributed by atoms with Crippen molar-refractivity contribution in [3.8, 4) is 5.75 Å². The molecule has 0 spiro atoms. The molecule has 0 aromatic heterocycles. The molecule has 0 bridgehead atoms. The fourth-order valence-corrected chi connectivity index (χ4v) is 3.02. The first-order valence-corrected chi connectivity index (χ1v) is 9.79. The lowest BCUT2D eigenvalue weighted by Crippen LogP contribution is -2.42. The molecule has 0 aliphatic rings. The van der Waals surface area contributed by atoms with E-state index in [4.69, 9.17) is 16.3 Å². The lowest BCUT2D eigenvalue weighted by Gasteiger charge is -2.21. The van der Waals surface area contributed by atoms with E-state index in [1.165, 1.54) is 0 Å². The second kappa shape index (κ2) is 11.1. The fraction of sp³-hybridized carbons (Fsp3) is 0.529. The van der Waals surface area contributed by atoms with Crippen molar-refractivity contribution in [3.63, 3.8) is 0 Å². The first-order valence-electron chi connectivity index (χ1n) is 8.43. The Hall–Kier alpha value is -1.69. The highest BCUT2D eigenvalue weighted by Crippen LogP contribution is 2.31. The number of ether oxygens (including phenoxy) is 1. The first kappa shape index (κ1) is 26.3. The number of imide groups is 1. The molecule has 30 heavy (non-hydrogen) atoms. The molecule has 13 heteroatoms. The lowest BCUT2D eigenvalue weighted by atomic mass is 10.1. The van der Waals surface area contributed by atoms with E-state index in [9.17, 15) is 40.3 Å². The second-order valence-electron chi connectivity index (χ2n) is 5.99. The lowest BCUT2D eigenvalue weighted by molar-refractivity contribution is -0.154. The van der Waals surface area contributed by atoms with Crippen LogP contribution in [-0.4, -0.2) is 47.3 Å². The van der Waals surface area contributed by atoms with Crippen molar-refractivity contribution < 1.29 is 45.1 Å². The number of benzene rings is 1. The minimum atomic E-state index is -4.85. The summed E-state index contributed by atoms with van der Waals surface area (Å²) in [7, 11) is 0. The number of rotatable bonds is 9. The largest absolute Gasteiger partial charge is 0.490 e. The number of alkyl halides is 6. The van der Waals surface area contributed by atoms with Crippen molar-refractivity contribution in [1.82, 2.24) is 4.90 Å². The van der Waals surface area contributed by atoms with E-state index in [-0.39, 0.29) is 41.9 Å². The maximum atomic E-state index is 14.0. The molecule has 0 heterocycles. The molecule has 0 saturated heterocycles. The molecule has 0 aliphatic carbocycles. The summed E-state index contributed by atoms with van der Waals surface area (Å²) in [6, 6.07) is 1.45. The van der Waals surface area contributed by atoms with E-state index in [1.54, 1.807) is 0 Å². The Morgan fingerprint density at radius 1 is 1.10 bits per heavy atom. The van der Waals surface area contributed by atoms with Gasteiger partial charge in [0.15, 0.2) is 11.6 Å². The average molecular weight is 484 g/mol. The van der Waals surface area contributed by atoms with Crippen LogP contribution in [0.1, 0.15) is 36.5 Å². The van der Waals surface area contributed by atoms with E-state index in [1.807, 2.05) is 0 Å². The summed E-state index contributed by atoms with van der Waals surface area (Å²) < 4.78 is 93.0. The van der Waals surface area contributed by atoms with Gasteiger partial charge in [-0.15, -0.1) is 0 Å². The Morgan fingerprint density at radius 2 is 1.73 bits per heavy atom. The van der Waals surface area contributed by atoms with Gasteiger partial charge in [-0.3, -0.25) is 14.5 Å². The minimum absolute atomic E-state index is 0.0821. The third-order valence-electron chi connectivity index (χ3n) is 3.53. The fourth-order valence-electron chi connectivity index (χ4n) is 2.21. The summed E-state index contributed by atoms with van der Waals surface area (Å²) in [5, 5.41) is -0.512. The quantitative estimate of drug-likeness (QED) is 0.327. The smallest absolute Gasteiger partial charge is 0.441 e. The van der Waals surface area contributed by atoms with E-state index in [0.717, 1.165) is 13.0 Å². The van der Waals surface area contributed by atoms with Gasteiger partial charge in [0.05, 0.1) is 17.2 Å². The van der Waals surface area contributed by atoms with Crippen LogP contribution in [0, 0.1) is 5.82 Å². The average Bonchev–Trinajstić information content (AvgIpc) is 2.58. The van der Waals surface area contributed by atoms with Crippen molar-refractivity contribution >= 4 is 35.2 Å². The van der Waals surface area contributed by atoms with Crippen LogP contribution in [0.2, 0.25) is 5.02 Å².